The van der Waals surface area contributed by atoms with Crippen LogP contribution in [0.1, 0.15) is 5.69 Å². The number of aromatic nitrogens is 3. The van der Waals surface area contributed by atoms with Gasteiger partial charge in [0.25, 0.3) is 0 Å². The quantitative estimate of drug-likeness (QED) is 0.760. The van der Waals surface area contributed by atoms with Crippen LogP contribution in [-0.4, -0.2) is 58.8 Å². The lowest BCUT2D eigenvalue weighted by Gasteiger charge is -2.33. The summed E-state index contributed by atoms with van der Waals surface area (Å²) in [6.07, 6.45) is 3.18. The molecule has 4 heterocycles. The van der Waals surface area contributed by atoms with Crippen LogP contribution in [0.2, 0.25) is 0 Å². The minimum atomic E-state index is -3.51. The average Bonchev–Trinajstić information content (AvgIpc) is 3.24. The van der Waals surface area contributed by atoms with Crippen LogP contribution >= 0.6 is 11.3 Å². The molecule has 0 radical (unpaired) electrons. The number of sulfonamides is 1. The van der Waals surface area contributed by atoms with E-state index < -0.39 is 10.0 Å². The van der Waals surface area contributed by atoms with Gasteiger partial charge in [-0.05, 0) is 12.1 Å². The highest BCUT2D eigenvalue weighted by atomic mass is 32.2. The molecule has 126 valence electrons. The molecule has 7 nitrogen and oxygen atoms in total. The van der Waals surface area contributed by atoms with Crippen LogP contribution in [0.4, 0.5) is 0 Å². The van der Waals surface area contributed by atoms with E-state index in [1.54, 1.807) is 34.0 Å². The Morgan fingerprint density at radius 2 is 2.04 bits per heavy atom. The SMILES string of the molecule is O=S(=O)(c1c[nH]c2ncccc12)N1CCN(Cc2cscn2)CC1. The maximum Gasteiger partial charge on any atom is 0.245 e. The molecule has 1 saturated heterocycles. The van der Waals surface area contributed by atoms with Crippen molar-refractivity contribution in [3.8, 4) is 0 Å². The molecule has 0 spiro atoms. The molecule has 1 aliphatic rings. The summed E-state index contributed by atoms with van der Waals surface area (Å²) >= 11 is 1.58. The molecule has 0 saturated carbocycles. The molecule has 1 N–H and O–H groups in total. The van der Waals surface area contributed by atoms with E-state index in [1.165, 1.54) is 6.20 Å². The zero-order valence-corrected chi connectivity index (χ0v) is 14.6. The van der Waals surface area contributed by atoms with Gasteiger partial charge in [-0.25, -0.2) is 18.4 Å². The van der Waals surface area contributed by atoms with E-state index in [0.29, 0.717) is 42.1 Å². The molecule has 0 amide bonds. The smallest absolute Gasteiger partial charge is 0.245 e. The van der Waals surface area contributed by atoms with E-state index in [4.69, 9.17) is 0 Å². The third kappa shape index (κ3) is 2.84. The summed E-state index contributed by atoms with van der Waals surface area (Å²) in [5, 5.41) is 2.67. The van der Waals surface area contributed by atoms with Crippen molar-refractivity contribution >= 4 is 32.4 Å². The third-order valence-electron chi connectivity index (χ3n) is 4.23. The number of pyridine rings is 1. The van der Waals surface area contributed by atoms with Crippen LogP contribution in [0.5, 0.6) is 0 Å². The van der Waals surface area contributed by atoms with Gasteiger partial charge in [0.2, 0.25) is 10.0 Å². The number of piperazine rings is 1. The number of hydrogen-bond acceptors (Lipinski definition) is 6. The molecule has 0 bridgehead atoms. The lowest BCUT2D eigenvalue weighted by molar-refractivity contribution is 0.180. The van der Waals surface area contributed by atoms with Crippen molar-refractivity contribution in [3.05, 3.63) is 41.1 Å². The second kappa shape index (κ2) is 6.25. The van der Waals surface area contributed by atoms with E-state index in [1.807, 2.05) is 10.9 Å². The fraction of sp³-hybridized carbons (Fsp3) is 0.333. The molecule has 9 heteroatoms. The molecular formula is C15H17N5O2S2. The Labute approximate surface area is 144 Å². The summed E-state index contributed by atoms with van der Waals surface area (Å²) in [6, 6.07) is 3.53. The van der Waals surface area contributed by atoms with Gasteiger partial charge in [0.15, 0.2) is 0 Å². The van der Waals surface area contributed by atoms with Crippen LogP contribution in [0.15, 0.2) is 40.3 Å². The Morgan fingerprint density at radius 1 is 1.21 bits per heavy atom. The van der Waals surface area contributed by atoms with Gasteiger partial charge >= 0.3 is 0 Å². The van der Waals surface area contributed by atoms with Gasteiger partial charge in [0.05, 0.1) is 11.2 Å². The van der Waals surface area contributed by atoms with Gasteiger partial charge in [0, 0.05) is 55.9 Å². The minimum Gasteiger partial charge on any atom is -0.345 e. The number of nitrogens with one attached hydrogen (secondary N) is 1. The summed E-state index contributed by atoms with van der Waals surface area (Å²) < 4.78 is 27.4. The molecule has 24 heavy (non-hydrogen) atoms. The summed E-state index contributed by atoms with van der Waals surface area (Å²) in [5.41, 5.74) is 3.46. The molecular weight excluding hydrogens is 346 g/mol. The molecule has 0 unspecified atom stereocenters. The van der Waals surface area contributed by atoms with E-state index >= 15 is 0 Å². The van der Waals surface area contributed by atoms with Crippen molar-refractivity contribution in [2.75, 3.05) is 26.2 Å². The first-order valence-electron chi connectivity index (χ1n) is 7.66. The molecule has 4 rings (SSSR count). The summed E-state index contributed by atoms with van der Waals surface area (Å²) in [4.78, 5) is 13.9. The first kappa shape index (κ1) is 15.7. The Kier molecular flexibility index (Phi) is 4.09. The van der Waals surface area contributed by atoms with Crippen molar-refractivity contribution in [2.45, 2.75) is 11.4 Å². The molecule has 3 aromatic heterocycles. The third-order valence-corrected chi connectivity index (χ3v) is 6.81. The zero-order chi connectivity index (χ0) is 16.6. The minimum absolute atomic E-state index is 0.304. The molecule has 0 atom stereocenters. The lowest BCUT2D eigenvalue weighted by atomic mass is 10.3. The standard InChI is InChI=1S/C15H17N5O2S2/c21-24(22,14-8-17-15-13(14)2-1-3-16-15)20-6-4-19(5-7-20)9-12-10-23-11-18-12/h1-3,8,10-11H,4-7,9H2,(H,16,17). The number of H-pyrrole nitrogens is 1. The summed E-state index contributed by atoms with van der Waals surface area (Å²) in [6.45, 7) is 3.15. The number of thiazole rings is 1. The van der Waals surface area contributed by atoms with Crippen LogP contribution < -0.4 is 0 Å². The van der Waals surface area contributed by atoms with Crippen molar-refractivity contribution < 1.29 is 8.42 Å². The number of hydrogen-bond donors (Lipinski definition) is 1. The molecule has 1 aliphatic heterocycles. The summed E-state index contributed by atoms with van der Waals surface area (Å²) in [5.74, 6) is 0. The molecule has 0 aromatic carbocycles. The van der Waals surface area contributed by atoms with Gasteiger partial charge in [-0.15, -0.1) is 11.3 Å². The predicted molar refractivity (Wildman–Crippen MR) is 92.2 cm³/mol. The zero-order valence-electron chi connectivity index (χ0n) is 12.9. The molecule has 1 fully saturated rings. The first-order valence-corrected chi connectivity index (χ1v) is 10.0. The largest absolute Gasteiger partial charge is 0.345 e. The monoisotopic (exact) mass is 363 g/mol. The second-order valence-corrected chi connectivity index (χ2v) is 8.34. The Hall–Kier alpha value is -1.81. The van der Waals surface area contributed by atoms with Crippen LogP contribution in [-0.2, 0) is 16.6 Å². The number of aromatic amines is 1. The lowest BCUT2D eigenvalue weighted by Crippen LogP contribution is -2.48. The van der Waals surface area contributed by atoms with Gasteiger partial charge < -0.3 is 4.98 Å². The Balaban J connectivity index is 1.50. The van der Waals surface area contributed by atoms with E-state index in [-0.39, 0.29) is 0 Å². The van der Waals surface area contributed by atoms with E-state index in [9.17, 15) is 8.42 Å². The highest BCUT2D eigenvalue weighted by Crippen LogP contribution is 2.25. The number of fused-ring (bicyclic) bond motifs is 1. The fourth-order valence-corrected chi connectivity index (χ4v) is 5.08. The number of nitrogens with zero attached hydrogens (tertiary/aromatic N) is 4. The maximum absolute atomic E-state index is 12.9. The Morgan fingerprint density at radius 3 is 2.79 bits per heavy atom. The maximum atomic E-state index is 12.9. The predicted octanol–water partition coefficient (Wildman–Crippen LogP) is 1.53. The second-order valence-electron chi connectivity index (χ2n) is 5.71. The van der Waals surface area contributed by atoms with E-state index in [0.717, 1.165) is 12.2 Å². The van der Waals surface area contributed by atoms with Crippen molar-refractivity contribution in [2.24, 2.45) is 0 Å². The highest BCUT2D eigenvalue weighted by Gasteiger charge is 2.30. The summed E-state index contributed by atoms with van der Waals surface area (Å²) in [7, 11) is -3.51. The Bertz CT molecular complexity index is 928. The van der Waals surface area contributed by atoms with Gasteiger partial charge in [-0.2, -0.15) is 4.31 Å². The fourth-order valence-electron chi connectivity index (χ4n) is 2.96. The van der Waals surface area contributed by atoms with E-state index in [2.05, 4.69) is 19.9 Å². The van der Waals surface area contributed by atoms with Crippen molar-refractivity contribution in [3.63, 3.8) is 0 Å². The average molecular weight is 363 g/mol. The van der Waals surface area contributed by atoms with Crippen LogP contribution in [0.25, 0.3) is 11.0 Å². The van der Waals surface area contributed by atoms with Crippen LogP contribution in [0.3, 0.4) is 0 Å². The number of rotatable bonds is 4. The first-order chi connectivity index (χ1) is 11.6. The van der Waals surface area contributed by atoms with Crippen LogP contribution in [0, 0.1) is 0 Å². The van der Waals surface area contributed by atoms with Gasteiger partial charge in [-0.3, -0.25) is 4.90 Å². The van der Waals surface area contributed by atoms with Crippen molar-refractivity contribution in [1.29, 1.82) is 0 Å². The molecule has 0 aliphatic carbocycles. The molecule has 3 aromatic rings. The normalized spacial score (nSPS) is 17.5. The van der Waals surface area contributed by atoms with Crippen molar-refractivity contribution in [1.82, 2.24) is 24.2 Å². The highest BCUT2D eigenvalue weighted by molar-refractivity contribution is 7.89. The topological polar surface area (TPSA) is 82.2 Å². The van der Waals surface area contributed by atoms with Gasteiger partial charge in [-0.1, -0.05) is 0 Å². The van der Waals surface area contributed by atoms with Gasteiger partial charge in [0.1, 0.15) is 10.5 Å².